The standard InChI is InChI=1S/C13H10BFN2O2/c15-8-5-6-10(14(18)19)9(7-8)13-16-11-3-1-2-4-12(11)17-13/h1-7,18-19H,(H,16,17). The van der Waals surface area contributed by atoms with Crippen molar-refractivity contribution in [3.8, 4) is 11.4 Å². The smallest absolute Gasteiger partial charge is 0.423 e. The van der Waals surface area contributed by atoms with E-state index in [0.717, 1.165) is 11.0 Å². The number of nitrogens with zero attached hydrogens (tertiary/aromatic N) is 1. The number of imidazole rings is 1. The number of halogens is 1. The van der Waals surface area contributed by atoms with E-state index < -0.39 is 12.9 Å². The van der Waals surface area contributed by atoms with Gasteiger partial charge >= 0.3 is 7.12 Å². The minimum absolute atomic E-state index is 0.209. The third-order valence-corrected chi connectivity index (χ3v) is 2.94. The molecule has 0 aliphatic carbocycles. The van der Waals surface area contributed by atoms with Gasteiger partial charge in [0.15, 0.2) is 0 Å². The molecular formula is C13H10BFN2O2. The van der Waals surface area contributed by atoms with Crippen LogP contribution in [0.15, 0.2) is 42.5 Å². The molecule has 1 heterocycles. The zero-order chi connectivity index (χ0) is 13.4. The summed E-state index contributed by atoms with van der Waals surface area (Å²) >= 11 is 0. The highest BCUT2D eigenvalue weighted by atomic mass is 19.1. The van der Waals surface area contributed by atoms with Crippen molar-refractivity contribution in [1.82, 2.24) is 9.97 Å². The van der Waals surface area contributed by atoms with Crippen molar-refractivity contribution in [2.24, 2.45) is 0 Å². The monoisotopic (exact) mass is 256 g/mol. The SMILES string of the molecule is OB(O)c1ccc(F)cc1-c1nc2ccccc2[nH]1. The lowest BCUT2D eigenvalue weighted by atomic mass is 9.77. The third-order valence-electron chi connectivity index (χ3n) is 2.94. The molecule has 0 atom stereocenters. The summed E-state index contributed by atoms with van der Waals surface area (Å²) in [6, 6.07) is 11.1. The van der Waals surface area contributed by atoms with Crippen LogP contribution in [0.2, 0.25) is 0 Å². The first-order valence-electron chi connectivity index (χ1n) is 5.76. The number of rotatable bonds is 2. The molecule has 0 bridgehead atoms. The number of benzene rings is 2. The Morgan fingerprint density at radius 3 is 2.63 bits per heavy atom. The van der Waals surface area contributed by atoms with Gasteiger partial charge in [-0.05, 0) is 29.7 Å². The van der Waals surface area contributed by atoms with Crippen molar-refractivity contribution < 1.29 is 14.4 Å². The van der Waals surface area contributed by atoms with Gasteiger partial charge in [-0.2, -0.15) is 0 Å². The van der Waals surface area contributed by atoms with E-state index in [0.29, 0.717) is 11.4 Å². The van der Waals surface area contributed by atoms with E-state index in [1.807, 2.05) is 24.3 Å². The molecule has 19 heavy (non-hydrogen) atoms. The first-order valence-corrected chi connectivity index (χ1v) is 5.76. The zero-order valence-electron chi connectivity index (χ0n) is 9.84. The van der Waals surface area contributed by atoms with Gasteiger partial charge in [0.1, 0.15) is 11.6 Å². The first kappa shape index (κ1) is 11.9. The number of hydrogen-bond donors (Lipinski definition) is 3. The molecular weight excluding hydrogens is 246 g/mol. The van der Waals surface area contributed by atoms with E-state index in [1.54, 1.807) is 0 Å². The van der Waals surface area contributed by atoms with Crippen LogP contribution >= 0.6 is 0 Å². The maximum atomic E-state index is 13.3. The van der Waals surface area contributed by atoms with Gasteiger partial charge in [-0.1, -0.05) is 18.2 Å². The number of aromatic amines is 1. The number of nitrogens with one attached hydrogen (secondary N) is 1. The second-order valence-electron chi connectivity index (χ2n) is 4.21. The van der Waals surface area contributed by atoms with Crippen LogP contribution in [-0.4, -0.2) is 27.1 Å². The number of H-pyrrole nitrogens is 1. The van der Waals surface area contributed by atoms with Crippen LogP contribution in [0.3, 0.4) is 0 Å². The molecule has 0 spiro atoms. The second-order valence-corrected chi connectivity index (χ2v) is 4.21. The third kappa shape index (κ3) is 2.11. The maximum absolute atomic E-state index is 13.3. The fourth-order valence-electron chi connectivity index (χ4n) is 2.04. The summed E-state index contributed by atoms with van der Waals surface area (Å²) in [5, 5.41) is 18.6. The van der Waals surface area contributed by atoms with Crippen LogP contribution < -0.4 is 5.46 Å². The molecule has 4 nitrogen and oxygen atoms in total. The Hall–Kier alpha value is -2.18. The number of fused-ring (bicyclic) bond motifs is 1. The topological polar surface area (TPSA) is 69.1 Å². The highest BCUT2D eigenvalue weighted by molar-refractivity contribution is 6.60. The Morgan fingerprint density at radius 1 is 1.11 bits per heavy atom. The van der Waals surface area contributed by atoms with Crippen molar-refractivity contribution in [3.05, 3.63) is 48.3 Å². The largest absolute Gasteiger partial charge is 0.489 e. The molecule has 1 aromatic heterocycles. The molecule has 3 rings (SSSR count). The van der Waals surface area contributed by atoms with Crippen LogP contribution in [0.1, 0.15) is 0 Å². The van der Waals surface area contributed by atoms with Gasteiger partial charge < -0.3 is 15.0 Å². The van der Waals surface area contributed by atoms with Gasteiger partial charge in [-0.25, -0.2) is 9.37 Å². The molecule has 2 aromatic carbocycles. The predicted octanol–water partition coefficient (Wildman–Crippen LogP) is 1.05. The van der Waals surface area contributed by atoms with Gasteiger partial charge in [0, 0.05) is 5.56 Å². The van der Waals surface area contributed by atoms with E-state index in [4.69, 9.17) is 0 Å². The predicted molar refractivity (Wildman–Crippen MR) is 71.3 cm³/mol. The molecule has 0 unspecified atom stereocenters. The van der Waals surface area contributed by atoms with E-state index >= 15 is 0 Å². The Labute approximate surface area is 108 Å². The Balaban J connectivity index is 2.22. The molecule has 0 saturated heterocycles. The number of para-hydroxylation sites is 2. The summed E-state index contributed by atoms with van der Waals surface area (Å²) in [6.45, 7) is 0. The summed E-state index contributed by atoms with van der Waals surface area (Å²) in [7, 11) is -1.68. The molecule has 6 heteroatoms. The van der Waals surface area contributed by atoms with Crippen molar-refractivity contribution >= 4 is 23.6 Å². The lowest BCUT2D eigenvalue weighted by Crippen LogP contribution is -2.31. The van der Waals surface area contributed by atoms with Crippen molar-refractivity contribution in [1.29, 1.82) is 0 Å². The lowest BCUT2D eigenvalue weighted by Gasteiger charge is -2.06. The zero-order valence-corrected chi connectivity index (χ0v) is 9.84. The van der Waals surface area contributed by atoms with Gasteiger partial charge in [-0.15, -0.1) is 0 Å². The van der Waals surface area contributed by atoms with Gasteiger partial charge in [0.25, 0.3) is 0 Å². The fourth-order valence-corrected chi connectivity index (χ4v) is 2.04. The molecule has 0 amide bonds. The Kier molecular flexibility index (Phi) is 2.81. The summed E-state index contributed by atoms with van der Waals surface area (Å²) in [5.41, 5.74) is 2.09. The molecule has 0 fully saturated rings. The van der Waals surface area contributed by atoms with Gasteiger partial charge in [-0.3, -0.25) is 0 Å². The quantitative estimate of drug-likeness (QED) is 0.600. The fraction of sp³-hybridized carbons (Fsp3) is 0. The normalized spacial score (nSPS) is 10.9. The van der Waals surface area contributed by atoms with E-state index in [-0.39, 0.29) is 5.46 Å². The second kappa shape index (κ2) is 4.49. The summed E-state index contributed by atoms with van der Waals surface area (Å²) < 4.78 is 13.3. The van der Waals surface area contributed by atoms with Crippen LogP contribution in [0.4, 0.5) is 4.39 Å². The van der Waals surface area contributed by atoms with E-state index in [1.165, 1.54) is 18.2 Å². The van der Waals surface area contributed by atoms with Crippen molar-refractivity contribution in [2.45, 2.75) is 0 Å². The van der Waals surface area contributed by atoms with Crippen molar-refractivity contribution in [3.63, 3.8) is 0 Å². The average molecular weight is 256 g/mol. The highest BCUT2D eigenvalue weighted by Crippen LogP contribution is 2.19. The van der Waals surface area contributed by atoms with E-state index in [9.17, 15) is 14.4 Å². The van der Waals surface area contributed by atoms with Crippen LogP contribution in [0.25, 0.3) is 22.4 Å². The van der Waals surface area contributed by atoms with Crippen LogP contribution in [0.5, 0.6) is 0 Å². The van der Waals surface area contributed by atoms with Crippen LogP contribution in [0, 0.1) is 5.82 Å². The average Bonchev–Trinajstić information content (AvgIpc) is 2.81. The van der Waals surface area contributed by atoms with Gasteiger partial charge in [0.05, 0.1) is 11.0 Å². The summed E-state index contributed by atoms with van der Waals surface area (Å²) in [5.74, 6) is -0.0522. The minimum atomic E-state index is -1.68. The molecule has 94 valence electrons. The summed E-state index contributed by atoms with van der Waals surface area (Å²) in [6.07, 6.45) is 0. The minimum Gasteiger partial charge on any atom is -0.423 e. The lowest BCUT2D eigenvalue weighted by molar-refractivity contribution is 0.426. The highest BCUT2D eigenvalue weighted by Gasteiger charge is 2.19. The number of hydrogen-bond acceptors (Lipinski definition) is 3. The molecule has 0 radical (unpaired) electrons. The van der Waals surface area contributed by atoms with Crippen LogP contribution in [-0.2, 0) is 0 Å². The van der Waals surface area contributed by atoms with E-state index in [2.05, 4.69) is 9.97 Å². The maximum Gasteiger partial charge on any atom is 0.489 e. The molecule has 3 aromatic rings. The Bertz CT molecular complexity index is 709. The molecule has 0 aliphatic heterocycles. The first-order chi connectivity index (χ1) is 9.15. The van der Waals surface area contributed by atoms with Crippen molar-refractivity contribution in [2.75, 3.05) is 0 Å². The summed E-state index contributed by atoms with van der Waals surface area (Å²) in [4.78, 5) is 7.36. The molecule has 0 aliphatic rings. The Morgan fingerprint density at radius 2 is 1.89 bits per heavy atom. The molecule has 0 saturated carbocycles. The van der Waals surface area contributed by atoms with Gasteiger partial charge in [0.2, 0.25) is 0 Å². The number of aromatic nitrogens is 2. The molecule has 3 N–H and O–H groups in total.